The van der Waals surface area contributed by atoms with Crippen molar-refractivity contribution in [3.63, 3.8) is 0 Å². The highest BCUT2D eigenvalue weighted by atomic mass is 16.5. The Morgan fingerprint density at radius 1 is 1.09 bits per heavy atom. The lowest BCUT2D eigenvalue weighted by Crippen LogP contribution is -2.46. The molecule has 3 rings (SSSR count). The molecule has 0 atom stereocenters. The van der Waals surface area contributed by atoms with Gasteiger partial charge in [0.05, 0.1) is 26.4 Å². The molecule has 0 spiro atoms. The van der Waals surface area contributed by atoms with Crippen LogP contribution in [0.3, 0.4) is 0 Å². The molecule has 176 valence electrons. The molecule has 0 radical (unpaired) electrons. The average molecular weight is 449 g/mol. The van der Waals surface area contributed by atoms with E-state index < -0.39 is 11.9 Å². The number of carboxylic acids is 2. The van der Waals surface area contributed by atoms with Crippen molar-refractivity contribution < 1.29 is 34.1 Å². The second-order valence-corrected chi connectivity index (χ2v) is 7.58. The monoisotopic (exact) mass is 448 g/mol. The summed E-state index contributed by atoms with van der Waals surface area (Å²) in [7, 11) is 0. The van der Waals surface area contributed by atoms with Crippen molar-refractivity contribution in [2.24, 2.45) is 5.92 Å². The van der Waals surface area contributed by atoms with Crippen LogP contribution < -0.4 is 4.74 Å². The Hall–Kier alpha value is -2.91. The van der Waals surface area contributed by atoms with Crippen LogP contribution in [0.2, 0.25) is 0 Å². The van der Waals surface area contributed by atoms with Crippen LogP contribution in [0.15, 0.2) is 30.3 Å². The van der Waals surface area contributed by atoms with Gasteiger partial charge in [-0.1, -0.05) is 24.3 Å². The molecule has 9 nitrogen and oxygen atoms in total. The van der Waals surface area contributed by atoms with Crippen molar-refractivity contribution in [3.8, 4) is 5.75 Å². The van der Waals surface area contributed by atoms with Crippen molar-refractivity contribution in [1.29, 1.82) is 0 Å². The number of nitrogens with zero attached hydrogens (tertiary/aromatic N) is 2. The molecular formula is C23H32N2O7. The van der Waals surface area contributed by atoms with Crippen LogP contribution >= 0.6 is 0 Å². The number of rotatable bonds is 6. The van der Waals surface area contributed by atoms with E-state index in [1.165, 1.54) is 5.56 Å². The first-order valence-electron chi connectivity index (χ1n) is 10.8. The van der Waals surface area contributed by atoms with Crippen LogP contribution in [0.1, 0.15) is 25.3 Å². The van der Waals surface area contributed by atoms with Gasteiger partial charge in [0.2, 0.25) is 5.91 Å². The van der Waals surface area contributed by atoms with E-state index in [4.69, 9.17) is 29.3 Å². The summed E-state index contributed by atoms with van der Waals surface area (Å²) >= 11 is 0. The summed E-state index contributed by atoms with van der Waals surface area (Å²) in [6.45, 7) is 8.15. The van der Waals surface area contributed by atoms with Crippen molar-refractivity contribution >= 4 is 23.9 Å². The van der Waals surface area contributed by atoms with E-state index in [-0.39, 0.29) is 5.91 Å². The number of carbonyl (C=O) groups excluding carboxylic acids is 1. The Morgan fingerprint density at radius 3 is 2.34 bits per heavy atom. The summed E-state index contributed by atoms with van der Waals surface area (Å²) in [4.78, 5) is 34.9. The maximum atomic E-state index is 12.5. The maximum absolute atomic E-state index is 12.5. The van der Waals surface area contributed by atoms with E-state index in [1.807, 2.05) is 24.0 Å². The molecule has 2 aliphatic heterocycles. The highest BCUT2D eigenvalue weighted by Gasteiger charge is 2.23. The van der Waals surface area contributed by atoms with Crippen LogP contribution in [-0.2, 0) is 19.1 Å². The van der Waals surface area contributed by atoms with Gasteiger partial charge in [0.15, 0.2) is 0 Å². The predicted molar refractivity (Wildman–Crippen MR) is 118 cm³/mol. The van der Waals surface area contributed by atoms with Gasteiger partial charge in [0.25, 0.3) is 0 Å². The van der Waals surface area contributed by atoms with Crippen molar-refractivity contribution in [3.05, 3.63) is 35.9 Å². The van der Waals surface area contributed by atoms with Gasteiger partial charge in [-0.2, -0.15) is 0 Å². The number of hydrogen-bond donors (Lipinski definition) is 2. The Morgan fingerprint density at radius 2 is 1.75 bits per heavy atom. The van der Waals surface area contributed by atoms with Gasteiger partial charge in [-0.25, -0.2) is 9.59 Å². The van der Waals surface area contributed by atoms with Crippen molar-refractivity contribution in [2.75, 3.05) is 52.5 Å². The molecule has 1 aromatic rings. The molecule has 2 heterocycles. The van der Waals surface area contributed by atoms with Gasteiger partial charge in [-0.15, -0.1) is 0 Å². The number of piperidine rings is 1. The van der Waals surface area contributed by atoms with Crippen molar-refractivity contribution in [1.82, 2.24) is 9.80 Å². The Balaban J connectivity index is 0.000000534. The Labute approximate surface area is 188 Å². The number of hydrogen-bond acceptors (Lipinski definition) is 6. The summed E-state index contributed by atoms with van der Waals surface area (Å²) in [5, 5.41) is 14.8. The molecule has 32 heavy (non-hydrogen) atoms. The van der Waals surface area contributed by atoms with Crippen molar-refractivity contribution in [2.45, 2.75) is 19.8 Å². The number of benzene rings is 1. The third-order valence-corrected chi connectivity index (χ3v) is 5.27. The minimum atomic E-state index is -1.82. The van der Waals surface area contributed by atoms with Crippen LogP contribution in [0.4, 0.5) is 0 Å². The second kappa shape index (κ2) is 13.5. The summed E-state index contributed by atoms with van der Waals surface area (Å²) in [6.07, 6.45) is 6.54. The standard InChI is InChI=1S/C21H30N2O3.C2H2O4/c1-2-26-20-5-3-4-19(16-20)7-6-18-8-10-23(11-9-18)21(24)17-22-12-14-25-15-13-22;3-1(4)2(5)6/h3-7,16,18H,2,8-15,17H2,1H3;(H,3,4)(H,5,6)/b7-6+;. The average Bonchev–Trinajstić information content (AvgIpc) is 2.79. The lowest BCUT2D eigenvalue weighted by atomic mass is 9.95. The quantitative estimate of drug-likeness (QED) is 0.633. The molecule has 0 unspecified atom stereocenters. The summed E-state index contributed by atoms with van der Waals surface area (Å²) in [6, 6.07) is 8.18. The minimum absolute atomic E-state index is 0.263. The highest BCUT2D eigenvalue weighted by Crippen LogP contribution is 2.21. The lowest BCUT2D eigenvalue weighted by molar-refractivity contribution is -0.159. The smallest absolute Gasteiger partial charge is 0.414 e. The molecular weight excluding hydrogens is 416 g/mol. The number of aliphatic carboxylic acids is 2. The molecule has 0 aliphatic carbocycles. The molecule has 0 saturated carbocycles. The normalized spacial score (nSPS) is 17.5. The molecule has 0 aromatic heterocycles. The molecule has 1 amide bonds. The van der Waals surface area contributed by atoms with Gasteiger partial charge < -0.3 is 24.6 Å². The van der Waals surface area contributed by atoms with Gasteiger partial charge in [0.1, 0.15) is 5.75 Å². The molecule has 2 saturated heterocycles. The van der Waals surface area contributed by atoms with Gasteiger partial charge in [-0.3, -0.25) is 9.69 Å². The maximum Gasteiger partial charge on any atom is 0.414 e. The number of likely N-dealkylation sites (tertiary alicyclic amines) is 1. The topological polar surface area (TPSA) is 117 Å². The third-order valence-electron chi connectivity index (χ3n) is 5.27. The first-order chi connectivity index (χ1) is 15.4. The first kappa shape index (κ1) is 25.4. The number of ether oxygens (including phenoxy) is 2. The zero-order valence-electron chi connectivity index (χ0n) is 18.4. The molecule has 1 aromatic carbocycles. The third kappa shape index (κ3) is 9.07. The highest BCUT2D eigenvalue weighted by molar-refractivity contribution is 6.27. The van der Waals surface area contributed by atoms with Crippen LogP contribution in [-0.4, -0.2) is 90.4 Å². The summed E-state index contributed by atoms with van der Waals surface area (Å²) < 4.78 is 10.9. The predicted octanol–water partition coefficient (Wildman–Crippen LogP) is 1.82. The zero-order valence-corrected chi connectivity index (χ0v) is 18.4. The van der Waals surface area contributed by atoms with E-state index in [9.17, 15) is 4.79 Å². The Kier molecular flexibility index (Phi) is 10.7. The van der Waals surface area contributed by atoms with E-state index >= 15 is 0 Å². The van der Waals surface area contributed by atoms with Gasteiger partial charge in [0, 0.05) is 26.2 Å². The van der Waals surface area contributed by atoms with Gasteiger partial charge in [-0.05, 0) is 43.4 Å². The molecule has 2 fully saturated rings. The van der Waals surface area contributed by atoms with E-state index in [1.54, 1.807) is 0 Å². The fraction of sp³-hybridized carbons (Fsp3) is 0.522. The number of carboxylic acid groups (broad SMARTS) is 2. The molecule has 2 N–H and O–H groups in total. The lowest BCUT2D eigenvalue weighted by Gasteiger charge is -2.33. The molecule has 9 heteroatoms. The largest absolute Gasteiger partial charge is 0.494 e. The first-order valence-corrected chi connectivity index (χ1v) is 10.8. The molecule has 0 bridgehead atoms. The fourth-order valence-electron chi connectivity index (χ4n) is 3.51. The van der Waals surface area contributed by atoms with E-state index in [0.29, 0.717) is 19.1 Å². The number of morpholine rings is 1. The number of carbonyl (C=O) groups is 3. The summed E-state index contributed by atoms with van der Waals surface area (Å²) in [5.41, 5.74) is 1.17. The van der Waals surface area contributed by atoms with E-state index in [0.717, 1.165) is 58.0 Å². The SMILES string of the molecule is CCOc1cccc(/C=C/C2CCN(C(=O)CN3CCOCC3)CC2)c1.O=C(O)C(=O)O. The van der Waals surface area contributed by atoms with Crippen LogP contribution in [0.5, 0.6) is 5.75 Å². The number of allylic oxidation sites excluding steroid dienone is 1. The summed E-state index contributed by atoms with van der Waals surface area (Å²) in [5.74, 6) is -1.93. The zero-order chi connectivity index (χ0) is 23.3. The van der Waals surface area contributed by atoms with E-state index in [2.05, 4.69) is 29.2 Å². The second-order valence-electron chi connectivity index (χ2n) is 7.58. The molecule has 2 aliphatic rings. The fourth-order valence-corrected chi connectivity index (χ4v) is 3.51. The number of amides is 1. The van der Waals surface area contributed by atoms with Gasteiger partial charge >= 0.3 is 11.9 Å². The Bertz CT molecular complexity index is 770. The van der Waals surface area contributed by atoms with Crippen LogP contribution in [0, 0.1) is 5.92 Å². The minimum Gasteiger partial charge on any atom is -0.494 e. The van der Waals surface area contributed by atoms with Crippen LogP contribution in [0.25, 0.3) is 6.08 Å².